The molecule has 90 valence electrons. The second-order valence-corrected chi connectivity index (χ2v) is 4.22. The Morgan fingerprint density at radius 1 is 1.20 bits per heavy atom. The van der Waals surface area contributed by atoms with Crippen LogP contribution in [0.5, 0.6) is 0 Å². The third-order valence-electron chi connectivity index (χ3n) is 3.20. The van der Waals surface area contributed by atoms with Crippen LogP contribution in [0.4, 0.5) is 0 Å². The van der Waals surface area contributed by atoms with Crippen LogP contribution < -0.4 is 11.1 Å². The van der Waals surface area contributed by atoms with Crippen molar-refractivity contribution in [2.45, 2.75) is 31.5 Å². The van der Waals surface area contributed by atoms with Crippen molar-refractivity contribution < 1.29 is 9.47 Å². The van der Waals surface area contributed by atoms with Crippen molar-refractivity contribution in [2.24, 2.45) is 11.7 Å². The van der Waals surface area contributed by atoms with Crippen molar-refractivity contribution in [2.75, 3.05) is 33.9 Å². The molecular weight excluding hydrogens is 192 g/mol. The molecule has 1 saturated carbocycles. The molecule has 1 aliphatic carbocycles. The normalized spacial score (nSPS) is 31.8. The van der Waals surface area contributed by atoms with Crippen LogP contribution in [0.3, 0.4) is 0 Å². The van der Waals surface area contributed by atoms with Crippen molar-refractivity contribution in [1.29, 1.82) is 0 Å². The van der Waals surface area contributed by atoms with Gasteiger partial charge in [-0.2, -0.15) is 0 Å². The lowest BCUT2D eigenvalue weighted by Crippen LogP contribution is -2.40. The first-order chi connectivity index (χ1) is 7.31. The average molecular weight is 216 g/mol. The van der Waals surface area contributed by atoms with Gasteiger partial charge in [0.25, 0.3) is 0 Å². The van der Waals surface area contributed by atoms with E-state index >= 15 is 0 Å². The molecule has 0 heterocycles. The van der Waals surface area contributed by atoms with Crippen LogP contribution >= 0.6 is 0 Å². The second-order valence-electron chi connectivity index (χ2n) is 4.22. The van der Waals surface area contributed by atoms with E-state index in [1.807, 2.05) is 0 Å². The molecule has 0 amide bonds. The van der Waals surface area contributed by atoms with Crippen molar-refractivity contribution >= 4 is 0 Å². The number of methoxy groups -OCH3 is 2. The predicted octanol–water partition coefficient (Wildman–Crippen LogP) is 0.365. The second kappa shape index (κ2) is 7.17. The van der Waals surface area contributed by atoms with Gasteiger partial charge >= 0.3 is 0 Å². The Kier molecular flexibility index (Phi) is 6.17. The Hall–Kier alpha value is -0.160. The molecule has 0 bridgehead atoms. The topological polar surface area (TPSA) is 56.5 Å². The summed E-state index contributed by atoms with van der Waals surface area (Å²) in [7, 11) is 3.54. The number of ether oxygens (including phenoxy) is 2. The molecule has 0 saturated heterocycles. The highest BCUT2D eigenvalue weighted by Crippen LogP contribution is 2.27. The molecule has 0 radical (unpaired) electrons. The fourth-order valence-corrected chi connectivity index (χ4v) is 2.30. The Morgan fingerprint density at radius 3 is 2.53 bits per heavy atom. The van der Waals surface area contributed by atoms with Crippen LogP contribution in [-0.2, 0) is 9.47 Å². The number of rotatable bonds is 6. The minimum Gasteiger partial charge on any atom is -0.379 e. The summed E-state index contributed by atoms with van der Waals surface area (Å²) < 4.78 is 10.9. The molecule has 0 aromatic carbocycles. The van der Waals surface area contributed by atoms with Crippen LogP contribution in [-0.4, -0.2) is 46.1 Å². The highest BCUT2D eigenvalue weighted by atomic mass is 16.5. The molecular formula is C11H24N2O2. The summed E-state index contributed by atoms with van der Waals surface area (Å²) in [6.07, 6.45) is 3.95. The van der Waals surface area contributed by atoms with Gasteiger partial charge in [0.1, 0.15) is 0 Å². The zero-order valence-electron chi connectivity index (χ0n) is 9.87. The number of hydrogen-bond acceptors (Lipinski definition) is 4. The molecule has 4 heteroatoms. The first kappa shape index (κ1) is 12.9. The predicted molar refractivity (Wildman–Crippen MR) is 60.9 cm³/mol. The standard InChI is InChI=1S/C11H24N2O2/c1-14-10-4-3-9(7-11(10)15-2)8-13-6-5-12/h9-11,13H,3-8,12H2,1-2H3. The van der Waals surface area contributed by atoms with Gasteiger partial charge in [0, 0.05) is 27.3 Å². The summed E-state index contributed by atoms with van der Waals surface area (Å²) in [5.41, 5.74) is 5.43. The maximum Gasteiger partial charge on any atom is 0.0835 e. The first-order valence-electron chi connectivity index (χ1n) is 5.78. The lowest BCUT2D eigenvalue weighted by atomic mass is 9.85. The van der Waals surface area contributed by atoms with E-state index in [-0.39, 0.29) is 12.2 Å². The SMILES string of the molecule is COC1CCC(CNCCN)CC1OC. The van der Waals surface area contributed by atoms with E-state index in [2.05, 4.69) is 5.32 Å². The van der Waals surface area contributed by atoms with Crippen LogP contribution in [0.15, 0.2) is 0 Å². The molecule has 0 spiro atoms. The molecule has 4 nitrogen and oxygen atoms in total. The molecule has 0 aromatic heterocycles. The van der Waals surface area contributed by atoms with Crippen LogP contribution in [0.1, 0.15) is 19.3 Å². The molecule has 3 unspecified atom stereocenters. The summed E-state index contributed by atoms with van der Waals surface area (Å²) in [5, 5.41) is 3.36. The molecule has 1 fully saturated rings. The fourth-order valence-electron chi connectivity index (χ4n) is 2.30. The Labute approximate surface area is 92.5 Å². The van der Waals surface area contributed by atoms with E-state index in [0.29, 0.717) is 12.5 Å². The summed E-state index contributed by atoms with van der Waals surface area (Å²) >= 11 is 0. The van der Waals surface area contributed by atoms with Crippen molar-refractivity contribution in [3.8, 4) is 0 Å². The Morgan fingerprint density at radius 2 is 1.93 bits per heavy atom. The monoisotopic (exact) mass is 216 g/mol. The quantitative estimate of drug-likeness (QED) is 0.630. The Balaban J connectivity index is 2.26. The van der Waals surface area contributed by atoms with Gasteiger partial charge in [0.15, 0.2) is 0 Å². The fraction of sp³-hybridized carbons (Fsp3) is 1.00. The maximum absolute atomic E-state index is 5.45. The van der Waals surface area contributed by atoms with Gasteiger partial charge in [0.05, 0.1) is 12.2 Å². The maximum atomic E-state index is 5.45. The van der Waals surface area contributed by atoms with Gasteiger partial charge in [-0.05, 0) is 31.7 Å². The van der Waals surface area contributed by atoms with Gasteiger partial charge in [-0.15, -0.1) is 0 Å². The highest BCUT2D eigenvalue weighted by molar-refractivity contribution is 4.82. The summed E-state index contributed by atoms with van der Waals surface area (Å²) in [6, 6.07) is 0. The molecule has 3 atom stereocenters. The zero-order valence-corrected chi connectivity index (χ0v) is 9.87. The number of nitrogens with one attached hydrogen (secondary N) is 1. The average Bonchev–Trinajstić information content (AvgIpc) is 2.29. The van der Waals surface area contributed by atoms with E-state index < -0.39 is 0 Å². The minimum atomic E-state index is 0.258. The molecule has 1 rings (SSSR count). The highest BCUT2D eigenvalue weighted by Gasteiger charge is 2.30. The number of hydrogen-bond donors (Lipinski definition) is 2. The lowest BCUT2D eigenvalue weighted by molar-refractivity contribution is -0.0699. The summed E-state index contributed by atoms with van der Waals surface area (Å²) in [6.45, 7) is 2.66. The Bertz CT molecular complexity index is 165. The lowest BCUT2D eigenvalue weighted by Gasteiger charge is -2.34. The van der Waals surface area contributed by atoms with Gasteiger partial charge in [-0.3, -0.25) is 0 Å². The van der Waals surface area contributed by atoms with E-state index in [1.54, 1.807) is 14.2 Å². The number of nitrogens with two attached hydrogens (primary N) is 1. The zero-order chi connectivity index (χ0) is 11.1. The van der Waals surface area contributed by atoms with Crippen molar-refractivity contribution in [1.82, 2.24) is 5.32 Å². The van der Waals surface area contributed by atoms with Gasteiger partial charge < -0.3 is 20.5 Å². The van der Waals surface area contributed by atoms with Gasteiger partial charge in [-0.25, -0.2) is 0 Å². The van der Waals surface area contributed by atoms with Crippen molar-refractivity contribution in [3.05, 3.63) is 0 Å². The molecule has 3 N–H and O–H groups in total. The summed E-state index contributed by atoms with van der Waals surface area (Å²) in [4.78, 5) is 0. The smallest absolute Gasteiger partial charge is 0.0835 e. The third-order valence-corrected chi connectivity index (χ3v) is 3.20. The van der Waals surface area contributed by atoms with Crippen molar-refractivity contribution in [3.63, 3.8) is 0 Å². The largest absolute Gasteiger partial charge is 0.379 e. The minimum absolute atomic E-state index is 0.258. The molecule has 1 aliphatic rings. The van der Waals surface area contributed by atoms with Gasteiger partial charge in [-0.1, -0.05) is 0 Å². The molecule has 0 aliphatic heterocycles. The molecule has 0 aromatic rings. The first-order valence-corrected chi connectivity index (χ1v) is 5.78. The van der Waals surface area contributed by atoms with E-state index in [9.17, 15) is 0 Å². The van der Waals surface area contributed by atoms with Gasteiger partial charge in [0.2, 0.25) is 0 Å². The van der Waals surface area contributed by atoms with Crippen LogP contribution in [0.2, 0.25) is 0 Å². The van der Waals surface area contributed by atoms with E-state index in [4.69, 9.17) is 15.2 Å². The van der Waals surface area contributed by atoms with E-state index in [1.165, 1.54) is 6.42 Å². The molecule has 15 heavy (non-hydrogen) atoms. The summed E-state index contributed by atoms with van der Waals surface area (Å²) in [5.74, 6) is 0.702. The van der Waals surface area contributed by atoms with Crippen LogP contribution in [0, 0.1) is 5.92 Å². The third kappa shape index (κ3) is 4.07. The van der Waals surface area contributed by atoms with E-state index in [0.717, 1.165) is 25.9 Å². The van der Waals surface area contributed by atoms with Crippen LogP contribution in [0.25, 0.3) is 0 Å².